The largest absolute Gasteiger partial charge is 0.501 e. The molecule has 0 aromatic rings. The fourth-order valence-electron chi connectivity index (χ4n) is 1.74. The lowest BCUT2D eigenvalue weighted by atomic mass is 10.1. The third kappa shape index (κ3) is 2.08. The zero-order valence-corrected chi connectivity index (χ0v) is 9.46. The minimum Gasteiger partial charge on any atom is -0.501 e. The number of hydrogen-bond acceptors (Lipinski definition) is 2. The van der Waals surface area contributed by atoms with Crippen LogP contribution in [-0.4, -0.2) is 30.0 Å². The van der Waals surface area contributed by atoms with Crippen molar-refractivity contribution in [1.29, 1.82) is 0 Å². The molecule has 1 rings (SSSR count). The normalized spacial score (nSPS) is 22.7. The topological polar surface area (TPSA) is 29.5 Å². The SMILES string of the molecule is C=C(OC)C1CC(=O)N(C(C)(C)C)C1. The van der Waals surface area contributed by atoms with Crippen molar-refractivity contribution >= 4 is 5.91 Å². The smallest absolute Gasteiger partial charge is 0.223 e. The van der Waals surface area contributed by atoms with Gasteiger partial charge in [-0.15, -0.1) is 0 Å². The second-order valence-electron chi connectivity index (χ2n) is 4.75. The van der Waals surface area contributed by atoms with Crippen LogP contribution in [0, 0.1) is 5.92 Å². The van der Waals surface area contributed by atoms with Crippen LogP contribution in [-0.2, 0) is 9.53 Å². The molecule has 1 saturated heterocycles. The van der Waals surface area contributed by atoms with E-state index in [0.29, 0.717) is 12.2 Å². The molecular formula is C11H19NO2. The van der Waals surface area contributed by atoms with Gasteiger partial charge in [-0.25, -0.2) is 0 Å². The number of ether oxygens (including phenoxy) is 1. The molecule has 80 valence electrons. The summed E-state index contributed by atoms with van der Waals surface area (Å²) in [5.41, 5.74) is -0.0974. The van der Waals surface area contributed by atoms with Gasteiger partial charge in [-0.1, -0.05) is 6.58 Å². The maximum Gasteiger partial charge on any atom is 0.223 e. The average Bonchev–Trinajstić information content (AvgIpc) is 2.45. The number of carbonyl (C=O) groups excluding carboxylic acids is 1. The van der Waals surface area contributed by atoms with Crippen LogP contribution in [0.2, 0.25) is 0 Å². The summed E-state index contributed by atoms with van der Waals surface area (Å²) in [6, 6.07) is 0. The zero-order chi connectivity index (χ0) is 10.9. The average molecular weight is 197 g/mol. The van der Waals surface area contributed by atoms with E-state index in [2.05, 4.69) is 6.58 Å². The summed E-state index contributed by atoms with van der Waals surface area (Å²) in [7, 11) is 1.60. The molecule has 0 aliphatic carbocycles. The van der Waals surface area contributed by atoms with Gasteiger partial charge >= 0.3 is 0 Å². The van der Waals surface area contributed by atoms with Gasteiger partial charge < -0.3 is 9.64 Å². The molecule has 0 bridgehead atoms. The van der Waals surface area contributed by atoms with Crippen LogP contribution in [0.5, 0.6) is 0 Å². The van der Waals surface area contributed by atoms with Crippen molar-refractivity contribution in [2.75, 3.05) is 13.7 Å². The molecule has 0 saturated carbocycles. The van der Waals surface area contributed by atoms with Gasteiger partial charge in [0.15, 0.2) is 0 Å². The highest BCUT2D eigenvalue weighted by Crippen LogP contribution is 2.29. The molecule has 14 heavy (non-hydrogen) atoms. The molecule has 1 atom stereocenters. The second-order valence-corrected chi connectivity index (χ2v) is 4.75. The van der Waals surface area contributed by atoms with E-state index in [0.717, 1.165) is 6.54 Å². The summed E-state index contributed by atoms with van der Waals surface area (Å²) >= 11 is 0. The summed E-state index contributed by atoms with van der Waals surface area (Å²) in [5.74, 6) is 1.07. The van der Waals surface area contributed by atoms with E-state index >= 15 is 0 Å². The molecule has 0 aromatic carbocycles. The van der Waals surface area contributed by atoms with Crippen molar-refractivity contribution in [1.82, 2.24) is 4.90 Å². The molecule has 1 amide bonds. The summed E-state index contributed by atoms with van der Waals surface area (Å²) < 4.78 is 5.07. The fourth-order valence-corrected chi connectivity index (χ4v) is 1.74. The molecule has 3 heteroatoms. The van der Waals surface area contributed by atoms with Crippen LogP contribution in [0.3, 0.4) is 0 Å². The summed E-state index contributed by atoms with van der Waals surface area (Å²) in [4.78, 5) is 13.6. The highest BCUT2D eigenvalue weighted by Gasteiger charge is 2.37. The van der Waals surface area contributed by atoms with Crippen LogP contribution < -0.4 is 0 Å². The quantitative estimate of drug-likeness (QED) is 0.632. The zero-order valence-electron chi connectivity index (χ0n) is 9.46. The molecule has 1 heterocycles. The van der Waals surface area contributed by atoms with Crippen molar-refractivity contribution in [3.05, 3.63) is 12.3 Å². The number of hydrogen-bond donors (Lipinski definition) is 0. The van der Waals surface area contributed by atoms with Crippen LogP contribution in [0.1, 0.15) is 27.2 Å². The number of rotatable bonds is 2. The van der Waals surface area contributed by atoms with Gasteiger partial charge in [0.2, 0.25) is 5.91 Å². The minimum atomic E-state index is -0.0974. The van der Waals surface area contributed by atoms with Gasteiger partial charge in [0.05, 0.1) is 12.9 Å². The molecule has 1 unspecified atom stereocenters. The summed E-state index contributed by atoms with van der Waals surface area (Å²) in [6.07, 6.45) is 0.532. The first-order chi connectivity index (χ1) is 6.36. The van der Waals surface area contributed by atoms with E-state index in [4.69, 9.17) is 4.74 Å². The molecule has 0 aromatic heterocycles. The number of nitrogens with zero attached hydrogens (tertiary/aromatic N) is 1. The Kier molecular flexibility index (Phi) is 2.88. The Morgan fingerprint density at radius 3 is 2.50 bits per heavy atom. The molecule has 0 radical (unpaired) electrons. The molecule has 0 spiro atoms. The number of amides is 1. The Bertz CT molecular complexity index is 253. The first-order valence-corrected chi connectivity index (χ1v) is 4.89. The first-order valence-electron chi connectivity index (χ1n) is 4.89. The highest BCUT2D eigenvalue weighted by molar-refractivity contribution is 5.79. The third-order valence-corrected chi connectivity index (χ3v) is 2.65. The Morgan fingerprint density at radius 2 is 2.14 bits per heavy atom. The minimum absolute atomic E-state index is 0.0974. The van der Waals surface area contributed by atoms with Crippen molar-refractivity contribution in [3.8, 4) is 0 Å². The number of carbonyl (C=O) groups is 1. The lowest BCUT2D eigenvalue weighted by Gasteiger charge is -2.32. The van der Waals surface area contributed by atoms with Crippen molar-refractivity contribution in [2.24, 2.45) is 5.92 Å². The van der Waals surface area contributed by atoms with E-state index in [1.165, 1.54) is 0 Å². The van der Waals surface area contributed by atoms with E-state index < -0.39 is 0 Å². The van der Waals surface area contributed by atoms with E-state index in [9.17, 15) is 4.79 Å². The van der Waals surface area contributed by atoms with E-state index in [1.807, 2.05) is 25.7 Å². The van der Waals surface area contributed by atoms with Crippen LogP contribution in [0.15, 0.2) is 12.3 Å². The highest BCUT2D eigenvalue weighted by atomic mass is 16.5. The third-order valence-electron chi connectivity index (χ3n) is 2.65. The number of likely N-dealkylation sites (tertiary alicyclic amines) is 1. The standard InChI is InChI=1S/C11H19NO2/c1-8(14-5)9-6-10(13)12(7-9)11(2,3)4/h9H,1,6-7H2,2-5H3. The molecule has 1 fully saturated rings. The lowest BCUT2D eigenvalue weighted by molar-refractivity contribution is -0.131. The Balaban J connectivity index is 2.70. The fraction of sp³-hybridized carbons (Fsp3) is 0.727. The van der Waals surface area contributed by atoms with Gasteiger partial charge in [-0.3, -0.25) is 4.79 Å². The molecule has 1 aliphatic heterocycles. The van der Waals surface area contributed by atoms with Gasteiger partial charge in [-0.2, -0.15) is 0 Å². The molecule has 1 aliphatic rings. The number of methoxy groups -OCH3 is 1. The van der Waals surface area contributed by atoms with Crippen molar-refractivity contribution in [2.45, 2.75) is 32.7 Å². The predicted octanol–water partition coefficient (Wildman–Crippen LogP) is 1.79. The summed E-state index contributed by atoms with van der Waals surface area (Å²) in [5, 5.41) is 0. The second kappa shape index (κ2) is 3.64. The Hall–Kier alpha value is -0.990. The van der Waals surface area contributed by atoms with E-state index in [-0.39, 0.29) is 17.4 Å². The van der Waals surface area contributed by atoms with Gasteiger partial charge in [0.25, 0.3) is 0 Å². The lowest BCUT2D eigenvalue weighted by Crippen LogP contribution is -2.42. The summed E-state index contributed by atoms with van der Waals surface area (Å²) in [6.45, 7) is 10.7. The Morgan fingerprint density at radius 1 is 1.57 bits per heavy atom. The van der Waals surface area contributed by atoms with Crippen LogP contribution >= 0.6 is 0 Å². The Labute approximate surface area is 85.7 Å². The van der Waals surface area contributed by atoms with Crippen LogP contribution in [0.25, 0.3) is 0 Å². The van der Waals surface area contributed by atoms with Crippen molar-refractivity contribution in [3.63, 3.8) is 0 Å². The monoisotopic (exact) mass is 197 g/mol. The predicted molar refractivity (Wildman–Crippen MR) is 55.7 cm³/mol. The molecular weight excluding hydrogens is 178 g/mol. The van der Waals surface area contributed by atoms with Crippen LogP contribution in [0.4, 0.5) is 0 Å². The van der Waals surface area contributed by atoms with Gasteiger partial charge in [0, 0.05) is 24.4 Å². The first kappa shape index (κ1) is 11.1. The maximum atomic E-state index is 11.7. The van der Waals surface area contributed by atoms with Gasteiger partial charge in [-0.05, 0) is 20.8 Å². The molecule has 0 N–H and O–H groups in total. The van der Waals surface area contributed by atoms with Crippen molar-refractivity contribution < 1.29 is 9.53 Å². The maximum absolute atomic E-state index is 11.7. The van der Waals surface area contributed by atoms with Gasteiger partial charge in [0.1, 0.15) is 0 Å². The molecule has 3 nitrogen and oxygen atoms in total. The van der Waals surface area contributed by atoms with E-state index in [1.54, 1.807) is 7.11 Å².